The predicted octanol–water partition coefficient (Wildman–Crippen LogP) is 4.90. The Labute approximate surface area is 188 Å². The average Bonchev–Trinajstić information content (AvgIpc) is 3.19. The highest BCUT2D eigenvalue weighted by Gasteiger charge is 2.24. The molecule has 3 aromatic rings. The second-order valence-corrected chi connectivity index (χ2v) is 8.64. The lowest BCUT2D eigenvalue weighted by atomic mass is 10.0. The third kappa shape index (κ3) is 3.88. The Hall–Kier alpha value is -3.54. The molecule has 0 saturated carbocycles. The van der Waals surface area contributed by atoms with Crippen molar-refractivity contribution in [3.63, 3.8) is 0 Å². The SMILES string of the molecule is CN(c1ccc(N2CCC2)cc1)c1ccc2c(c1)CC[C@H]2CNc1cnccc1C(=O)O. The van der Waals surface area contributed by atoms with Crippen molar-refractivity contribution >= 4 is 28.7 Å². The predicted molar refractivity (Wildman–Crippen MR) is 129 cm³/mol. The van der Waals surface area contributed by atoms with Gasteiger partial charge in [-0.05, 0) is 72.9 Å². The maximum absolute atomic E-state index is 11.4. The molecule has 1 aliphatic carbocycles. The number of aromatic nitrogens is 1. The zero-order chi connectivity index (χ0) is 22.1. The monoisotopic (exact) mass is 428 g/mol. The van der Waals surface area contributed by atoms with Gasteiger partial charge in [-0.1, -0.05) is 6.07 Å². The highest BCUT2D eigenvalue weighted by atomic mass is 16.4. The van der Waals surface area contributed by atoms with Crippen molar-refractivity contribution in [3.05, 3.63) is 77.6 Å². The Kier molecular flexibility index (Phi) is 5.43. The summed E-state index contributed by atoms with van der Waals surface area (Å²) < 4.78 is 0. The molecule has 0 amide bonds. The van der Waals surface area contributed by atoms with Crippen molar-refractivity contribution in [1.29, 1.82) is 0 Å². The largest absolute Gasteiger partial charge is 0.478 e. The van der Waals surface area contributed by atoms with E-state index in [9.17, 15) is 9.90 Å². The van der Waals surface area contributed by atoms with E-state index in [0.29, 0.717) is 18.2 Å². The Balaban J connectivity index is 1.28. The summed E-state index contributed by atoms with van der Waals surface area (Å²) in [4.78, 5) is 20.1. The lowest BCUT2D eigenvalue weighted by Crippen LogP contribution is -2.36. The number of aryl methyl sites for hydroxylation is 1. The van der Waals surface area contributed by atoms with Crippen molar-refractivity contribution in [2.45, 2.75) is 25.2 Å². The molecule has 1 saturated heterocycles. The molecule has 0 spiro atoms. The first-order chi connectivity index (χ1) is 15.6. The van der Waals surface area contributed by atoms with E-state index in [4.69, 9.17) is 0 Å². The van der Waals surface area contributed by atoms with Gasteiger partial charge in [-0.25, -0.2) is 4.79 Å². The number of fused-ring (bicyclic) bond motifs is 1. The molecular formula is C26H28N4O2. The van der Waals surface area contributed by atoms with Crippen LogP contribution >= 0.6 is 0 Å². The number of hydrogen-bond donors (Lipinski definition) is 2. The van der Waals surface area contributed by atoms with Gasteiger partial charge in [-0.15, -0.1) is 0 Å². The van der Waals surface area contributed by atoms with Crippen LogP contribution in [0, 0.1) is 0 Å². The number of nitrogens with zero attached hydrogens (tertiary/aromatic N) is 3. The van der Waals surface area contributed by atoms with Crippen LogP contribution in [0.25, 0.3) is 0 Å². The van der Waals surface area contributed by atoms with Gasteiger partial charge in [-0.3, -0.25) is 4.98 Å². The molecule has 2 aromatic carbocycles. The molecule has 6 heteroatoms. The highest BCUT2D eigenvalue weighted by Crippen LogP contribution is 2.37. The first-order valence-electron chi connectivity index (χ1n) is 11.2. The number of carbonyl (C=O) groups is 1. The fourth-order valence-corrected chi connectivity index (χ4v) is 4.68. The number of hydrogen-bond acceptors (Lipinski definition) is 5. The second-order valence-electron chi connectivity index (χ2n) is 8.64. The quantitative estimate of drug-likeness (QED) is 0.558. The van der Waals surface area contributed by atoms with Gasteiger partial charge in [0.05, 0.1) is 17.4 Å². The normalized spacial score (nSPS) is 16.9. The van der Waals surface area contributed by atoms with Gasteiger partial charge in [0.1, 0.15) is 0 Å². The van der Waals surface area contributed by atoms with Crippen LogP contribution in [0.2, 0.25) is 0 Å². The van der Waals surface area contributed by atoms with E-state index in [0.717, 1.165) is 25.9 Å². The lowest BCUT2D eigenvalue weighted by molar-refractivity contribution is 0.0698. The summed E-state index contributed by atoms with van der Waals surface area (Å²) in [5.74, 6) is -0.575. The first kappa shape index (κ1) is 20.4. The molecule has 0 radical (unpaired) electrons. The summed E-state index contributed by atoms with van der Waals surface area (Å²) in [6.45, 7) is 3.02. The van der Waals surface area contributed by atoms with E-state index in [1.807, 2.05) is 0 Å². The Morgan fingerprint density at radius 1 is 1.16 bits per heavy atom. The van der Waals surface area contributed by atoms with Gasteiger partial charge in [-0.2, -0.15) is 0 Å². The number of carboxylic acid groups (broad SMARTS) is 1. The van der Waals surface area contributed by atoms with Crippen LogP contribution in [0.4, 0.5) is 22.7 Å². The fraction of sp³-hybridized carbons (Fsp3) is 0.308. The van der Waals surface area contributed by atoms with Crippen molar-refractivity contribution in [1.82, 2.24) is 4.98 Å². The maximum atomic E-state index is 11.4. The maximum Gasteiger partial charge on any atom is 0.337 e. The van der Waals surface area contributed by atoms with Crippen LogP contribution in [-0.2, 0) is 6.42 Å². The third-order valence-electron chi connectivity index (χ3n) is 6.76. The van der Waals surface area contributed by atoms with Gasteiger partial charge < -0.3 is 20.2 Å². The molecule has 1 aromatic heterocycles. The fourth-order valence-electron chi connectivity index (χ4n) is 4.68. The van der Waals surface area contributed by atoms with Crippen molar-refractivity contribution in [3.8, 4) is 0 Å². The van der Waals surface area contributed by atoms with E-state index >= 15 is 0 Å². The zero-order valence-electron chi connectivity index (χ0n) is 18.3. The number of anilines is 4. The van der Waals surface area contributed by atoms with Crippen LogP contribution in [0.5, 0.6) is 0 Å². The van der Waals surface area contributed by atoms with Crippen molar-refractivity contribution < 1.29 is 9.90 Å². The van der Waals surface area contributed by atoms with E-state index in [2.05, 4.69) is 69.6 Å². The highest BCUT2D eigenvalue weighted by molar-refractivity contribution is 5.93. The minimum absolute atomic E-state index is 0.260. The summed E-state index contributed by atoms with van der Waals surface area (Å²) in [6, 6.07) is 17.1. The van der Waals surface area contributed by atoms with E-state index < -0.39 is 5.97 Å². The van der Waals surface area contributed by atoms with Crippen molar-refractivity contribution in [2.24, 2.45) is 0 Å². The molecule has 0 unspecified atom stereocenters. The molecule has 32 heavy (non-hydrogen) atoms. The van der Waals surface area contributed by atoms with Crippen LogP contribution in [0.1, 0.15) is 40.2 Å². The molecule has 2 N–H and O–H groups in total. The standard InChI is InChI=1S/C26H28N4O2/c1-29(20-5-7-21(8-6-20)30-13-2-14-30)22-9-10-23-18(15-22)3-4-19(23)16-28-25-17-27-12-11-24(25)26(31)32/h5-12,15,17,19,28H,2-4,13-14,16H2,1H3,(H,31,32)/t19-/m0/s1. The Morgan fingerprint density at radius 2 is 1.94 bits per heavy atom. The summed E-state index contributed by atoms with van der Waals surface area (Å²) in [6.07, 6.45) is 6.48. The van der Waals surface area contributed by atoms with E-state index in [1.54, 1.807) is 6.20 Å². The van der Waals surface area contributed by atoms with Crippen LogP contribution in [0.15, 0.2) is 60.9 Å². The molecule has 6 nitrogen and oxygen atoms in total. The number of pyridine rings is 1. The molecule has 1 atom stereocenters. The molecule has 2 aliphatic rings. The topological polar surface area (TPSA) is 68.7 Å². The van der Waals surface area contributed by atoms with Gasteiger partial charge >= 0.3 is 5.97 Å². The lowest BCUT2D eigenvalue weighted by Gasteiger charge is -2.33. The molecule has 5 rings (SSSR count). The third-order valence-corrected chi connectivity index (χ3v) is 6.76. The molecule has 2 heterocycles. The molecular weight excluding hydrogens is 400 g/mol. The number of carboxylic acids is 1. The Morgan fingerprint density at radius 3 is 2.66 bits per heavy atom. The summed E-state index contributed by atoms with van der Waals surface area (Å²) in [7, 11) is 2.12. The van der Waals surface area contributed by atoms with Gasteiger partial charge in [0.15, 0.2) is 0 Å². The number of nitrogens with one attached hydrogen (secondary N) is 1. The zero-order valence-corrected chi connectivity index (χ0v) is 18.3. The molecule has 164 valence electrons. The Bertz CT molecular complexity index is 1120. The minimum Gasteiger partial charge on any atom is -0.478 e. The second kappa shape index (κ2) is 8.54. The molecule has 0 bridgehead atoms. The minimum atomic E-state index is -0.938. The smallest absolute Gasteiger partial charge is 0.337 e. The summed E-state index contributed by atoms with van der Waals surface area (Å²) in [5.41, 5.74) is 7.24. The number of benzene rings is 2. The summed E-state index contributed by atoms with van der Waals surface area (Å²) >= 11 is 0. The van der Waals surface area contributed by atoms with Crippen molar-refractivity contribution in [2.75, 3.05) is 41.8 Å². The summed E-state index contributed by atoms with van der Waals surface area (Å²) in [5, 5.41) is 12.7. The van der Waals surface area contributed by atoms with Gasteiger partial charge in [0.2, 0.25) is 0 Å². The van der Waals surface area contributed by atoms with E-state index in [-0.39, 0.29) is 5.56 Å². The van der Waals surface area contributed by atoms with Crippen LogP contribution in [-0.4, -0.2) is 42.7 Å². The molecule has 1 fully saturated rings. The average molecular weight is 429 g/mol. The number of rotatable bonds is 7. The first-order valence-corrected chi connectivity index (χ1v) is 11.2. The van der Waals surface area contributed by atoms with Gasteiger partial charge in [0.25, 0.3) is 0 Å². The van der Waals surface area contributed by atoms with Crippen LogP contribution in [0.3, 0.4) is 0 Å². The van der Waals surface area contributed by atoms with Crippen LogP contribution < -0.4 is 15.1 Å². The molecule has 1 aliphatic heterocycles. The van der Waals surface area contributed by atoms with E-state index in [1.165, 1.54) is 46.9 Å². The van der Waals surface area contributed by atoms with Gasteiger partial charge in [0, 0.05) is 55.9 Å². The number of aromatic carboxylic acids is 1.